The number of hydrogen-bond donors (Lipinski definition) is 2. The van der Waals surface area contributed by atoms with Gasteiger partial charge in [0.15, 0.2) is 0 Å². The standard InChI is InChI=1S/C18H10N2O3/c21-16-10-7-9(13(16)15-14(10)17(22)20-18(15)23)12-6-5-8-3-1-2-4-11(8)19-12/h1-7,16,21H,(H,20,22,23). The molecule has 1 aromatic heterocycles. The van der Waals surface area contributed by atoms with Crippen LogP contribution < -0.4 is 5.32 Å². The quantitative estimate of drug-likeness (QED) is 0.777. The van der Waals surface area contributed by atoms with E-state index in [0.29, 0.717) is 33.6 Å². The normalized spacial score (nSPS) is 22.1. The summed E-state index contributed by atoms with van der Waals surface area (Å²) in [5.41, 5.74) is 3.82. The van der Waals surface area contributed by atoms with Crippen molar-refractivity contribution in [1.29, 1.82) is 0 Å². The first-order valence-corrected chi connectivity index (χ1v) is 7.26. The van der Waals surface area contributed by atoms with E-state index in [1.54, 1.807) is 6.08 Å². The van der Waals surface area contributed by atoms with Crippen molar-refractivity contribution in [2.45, 2.75) is 6.10 Å². The number of pyridine rings is 1. The molecule has 1 aliphatic heterocycles. The van der Waals surface area contributed by atoms with E-state index in [1.807, 2.05) is 36.4 Å². The van der Waals surface area contributed by atoms with Gasteiger partial charge in [0.2, 0.25) is 0 Å². The smallest absolute Gasteiger partial charge is 0.259 e. The van der Waals surface area contributed by atoms with Crippen LogP contribution in [-0.4, -0.2) is 28.0 Å². The molecule has 2 N–H and O–H groups in total. The number of carbonyl (C=O) groups excluding carboxylic acids is 2. The number of rotatable bonds is 1. The second kappa shape index (κ2) is 4.02. The second-order valence-electron chi connectivity index (χ2n) is 5.75. The summed E-state index contributed by atoms with van der Waals surface area (Å²) in [6.45, 7) is 0. The van der Waals surface area contributed by atoms with Crippen molar-refractivity contribution in [3.8, 4) is 0 Å². The summed E-state index contributed by atoms with van der Waals surface area (Å²) in [5.74, 6) is -0.878. The summed E-state index contributed by atoms with van der Waals surface area (Å²) >= 11 is 0. The number of aromatic nitrogens is 1. The van der Waals surface area contributed by atoms with Gasteiger partial charge in [-0.05, 0) is 23.8 Å². The first-order chi connectivity index (χ1) is 11.1. The number of amides is 2. The number of fused-ring (bicyclic) bond motifs is 4. The van der Waals surface area contributed by atoms with Gasteiger partial charge in [-0.1, -0.05) is 24.3 Å². The number of benzene rings is 1. The van der Waals surface area contributed by atoms with Crippen LogP contribution >= 0.6 is 0 Å². The Bertz CT molecular complexity index is 1040. The number of imide groups is 1. The number of nitrogens with one attached hydrogen (secondary N) is 1. The lowest BCUT2D eigenvalue weighted by molar-refractivity contribution is -0.123. The molecule has 2 aromatic rings. The van der Waals surface area contributed by atoms with Crippen LogP contribution in [0, 0.1) is 0 Å². The van der Waals surface area contributed by atoms with Gasteiger partial charge in [0.1, 0.15) is 6.10 Å². The number of nitrogens with zero attached hydrogens (tertiary/aromatic N) is 1. The fourth-order valence-corrected chi connectivity index (χ4v) is 3.51. The molecule has 2 bridgehead atoms. The molecule has 1 fully saturated rings. The lowest BCUT2D eigenvalue weighted by atomic mass is 9.96. The number of para-hydroxylation sites is 1. The number of aliphatic hydroxyl groups excluding tert-OH is 1. The van der Waals surface area contributed by atoms with Crippen molar-refractivity contribution in [3.05, 3.63) is 70.5 Å². The van der Waals surface area contributed by atoms with Crippen LogP contribution in [0.3, 0.4) is 0 Å². The third-order valence-electron chi connectivity index (χ3n) is 4.52. The Balaban J connectivity index is 1.74. The Labute approximate surface area is 130 Å². The molecule has 2 heterocycles. The number of hydrogen-bond acceptors (Lipinski definition) is 4. The zero-order chi connectivity index (χ0) is 15.7. The van der Waals surface area contributed by atoms with Crippen LogP contribution in [0.2, 0.25) is 0 Å². The van der Waals surface area contributed by atoms with Crippen molar-refractivity contribution < 1.29 is 14.7 Å². The molecule has 110 valence electrons. The first kappa shape index (κ1) is 12.5. The molecule has 2 aliphatic carbocycles. The zero-order valence-electron chi connectivity index (χ0n) is 11.8. The lowest BCUT2D eigenvalue weighted by Gasteiger charge is -2.10. The van der Waals surface area contributed by atoms with Crippen LogP contribution in [0.5, 0.6) is 0 Å². The Morgan fingerprint density at radius 3 is 2.65 bits per heavy atom. The molecule has 2 amide bonds. The second-order valence-corrected chi connectivity index (χ2v) is 5.75. The molecule has 23 heavy (non-hydrogen) atoms. The number of carbonyl (C=O) groups is 2. The highest BCUT2D eigenvalue weighted by molar-refractivity contribution is 6.29. The maximum Gasteiger partial charge on any atom is 0.259 e. The highest BCUT2D eigenvalue weighted by Gasteiger charge is 2.48. The van der Waals surface area contributed by atoms with E-state index in [9.17, 15) is 14.7 Å². The molecule has 1 aromatic carbocycles. The van der Waals surface area contributed by atoms with Crippen LogP contribution in [0.1, 0.15) is 5.69 Å². The van der Waals surface area contributed by atoms with Gasteiger partial charge >= 0.3 is 0 Å². The van der Waals surface area contributed by atoms with Crippen molar-refractivity contribution in [1.82, 2.24) is 10.3 Å². The van der Waals surface area contributed by atoms with Gasteiger partial charge in [-0.2, -0.15) is 0 Å². The molecular weight excluding hydrogens is 292 g/mol. The van der Waals surface area contributed by atoms with E-state index in [0.717, 1.165) is 10.9 Å². The average molecular weight is 302 g/mol. The summed E-state index contributed by atoms with van der Waals surface area (Å²) in [7, 11) is 0. The fourth-order valence-electron chi connectivity index (χ4n) is 3.51. The summed E-state index contributed by atoms with van der Waals surface area (Å²) in [6.07, 6.45) is 0.840. The van der Waals surface area contributed by atoms with Gasteiger partial charge in [-0.25, -0.2) is 4.98 Å². The predicted octanol–water partition coefficient (Wildman–Crippen LogP) is 1.26. The molecule has 0 radical (unpaired) electrons. The van der Waals surface area contributed by atoms with Crippen LogP contribution in [0.15, 0.2) is 64.8 Å². The molecular formula is C18H10N2O3. The van der Waals surface area contributed by atoms with E-state index in [-0.39, 0.29) is 0 Å². The zero-order valence-corrected chi connectivity index (χ0v) is 11.8. The topological polar surface area (TPSA) is 79.3 Å². The van der Waals surface area contributed by atoms with Gasteiger partial charge in [-0.15, -0.1) is 0 Å². The highest BCUT2D eigenvalue weighted by atomic mass is 16.3. The Kier molecular flexibility index (Phi) is 2.19. The van der Waals surface area contributed by atoms with Gasteiger partial charge in [-0.3, -0.25) is 14.9 Å². The van der Waals surface area contributed by atoms with Crippen LogP contribution in [-0.2, 0) is 9.59 Å². The highest BCUT2D eigenvalue weighted by Crippen LogP contribution is 2.48. The molecule has 5 nitrogen and oxygen atoms in total. The lowest BCUT2D eigenvalue weighted by Crippen LogP contribution is -2.22. The van der Waals surface area contributed by atoms with E-state index < -0.39 is 17.9 Å². The third-order valence-corrected chi connectivity index (χ3v) is 4.52. The van der Waals surface area contributed by atoms with E-state index in [2.05, 4.69) is 10.3 Å². The molecule has 0 spiro atoms. The summed E-state index contributed by atoms with van der Waals surface area (Å²) in [6, 6.07) is 11.6. The van der Waals surface area contributed by atoms with E-state index in [4.69, 9.17) is 0 Å². The minimum absolute atomic E-state index is 0.296. The fraction of sp³-hybridized carbons (Fsp3) is 0.0556. The Morgan fingerprint density at radius 1 is 1.00 bits per heavy atom. The maximum atomic E-state index is 12.0. The number of aliphatic hydroxyl groups is 1. The SMILES string of the molecule is O=C1NC(=O)C2=C3C(c4ccc5ccccc5n4)=CC(=C12)C3O. The monoisotopic (exact) mass is 302 g/mol. The summed E-state index contributed by atoms with van der Waals surface area (Å²) < 4.78 is 0. The molecule has 5 rings (SSSR count). The summed E-state index contributed by atoms with van der Waals surface area (Å²) in [4.78, 5) is 28.5. The van der Waals surface area contributed by atoms with Crippen molar-refractivity contribution in [2.24, 2.45) is 0 Å². The van der Waals surface area contributed by atoms with E-state index in [1.165, 1.54) is 0 Å². The molecule has 1 unspecified atom stereocenters. The third kappa shape index (κ3) is 1.47. The Morgan fingerprint density at radius 2 is 1.78 bits per heavy atom. The van der Waals surface area contributed by atoms with Gasteiger partial charge in [0.25, 0.3) is 11.8 Å². The van der Waals surface area contributed by atoms with Gasteiger partial charge < -0.3 is 5.11 Å². The predicted molar refractivity (Wildman–Crippen MR) is 82.9 cm³/mol. The molecule has 1 atom stereocenters. The first-order valence-electron chi connectivity index (χ1n) is 7.26. The molecule has 1 saturated heterocycles. The minimum atomic E-state index is -0.918. The average Bonchev–Trinajstić information content (AvgIpc) is 3.15. The molecule has 0 saturated carbocycles. The summed E-state index contributed by atoms with van der Waals surface area (Å²) in [5, 5.41) is 13.7. The van der Waals surface area contributed by atoms with Gasteiger partial charge in [0.05, 0.1) is 22.4 Å². The maximum absolute atomic E-state index is 12.0. The van der Waals surface area contributed by atoms with Crippen molar-refractivity contribution >= 4 is 28.3 Å². The minimum Gasteiger partial charge on any atom is -0.384 e. The van der Waals surface area contributed by atoms with Crippen molar-refractivity contribution in [2.75, 3.05) is 0 Å². The van der Waals surface area contributed by atoms with Crippen LogP contribution in [0.4, 0.5) is 0 Å². The van der Waals surface area contributed by atoms with E-state index >= 15 is 0 Å². The Hall–Kier alpha value is -3.05. The molecule has 5 heteroatoms. The van der Waals surface area contributed by atoms with Crippen LogP contribution in [0.25, 0.3) is 16.5 Å². The molecule has 3 aliphatic rings. The largest absolute Gasteiger partial charge is 0.384 e. The van der Waals surface area contributed by atoms with Crippen molar-refractivity contribution in [3.63, 3.8) is 0 Å². The van der Waals surface area contributed by atoms with Gasteiger partial charge in [0, 0.05) is 16.5 Å².